The van der Waals surface area contributed by atoms with E-state index in [2.05, 4.69) is 29.0 Å². The van der Waals surface area contributed by atoms with Gasteiger partial charge in [-0.15, -0.1) is 0 Å². The minimum atomic E-state index is 0.00784. The predicted molar refractivity (Wildman–Crippen MR) is 67.8 cm³/mol. The van der Waals surface area contributed by atoms with Gasteiger partial charge in [-0.25, -0.2) is 0 Å². The van der Waals surface area contributed by atoms with Gasteiger partial charge in [-0.2, -0.15) is 0 Å². The van der Waals surface area contributed by atoms with Gasteiger partial charge in [-0.3, -0.25) is 9.69 Å². The van der Waals surface area contributed by atoms with Crippen LogP contribution in [-0.4, -0.2) is 73.2 Å². The van der Waals surface area contributed by atoms with Crippen molar-refractivity contribution in [1.29, 1.82) is 0 Å². The molecule has 0 aromatic carbocycles. The first-order valence-electron chi connectivity index (χ1n) is 6.44. The average molecular weight is 243 g/mol. The Bertz CT molecular complexity index is 226. The van der Waals surface area contributed by atoms with Gasteiger partial charge in [0.25, 0.3) is 0 Å². The predicted octanol–water partition coefficient (Wildman–Crippen LogP) is -0.631. The van der Waals surface area contributed by atoms with Gasteiger partial charge in [0, 0.05) is 39.3 Å². The molecule has 0 aromatic rings. The van der Waals surface area contributed by atoms with E-state index in [1.54, 1.807) is 0 Å². The Balaban J connectivity index is 2.16. The Labute approximate surface area is 104 Å². The molecule has 1 rings (SSSR count). The van der Waals surface area contributed by atoms with E-state index in [0.717, 1.165) is 32.7 Å². The van der Waals surface area contributed by atoms with Crippen molar-refractivity contribution in [3.05, 3.63) is 0 Å². The minimum absolute atomic E-state index is 0.00784. The molecule has 0 radical (unpaired) electrons. The molecule has 1 aliphatic rings. The number of aliphatic hydroxyl groups excluding tert-OH is 1. The Morgan fingerprint density at radius 3 is 2.35 bits per heavy atom. The maximum atomic E-state index is 11.5. The summed E-state index contributed by atoms with van der Waals surface area (Å²) in [5, 5.41) is 11.3. The molecule has 1 saturated heterocycles. The molecule has 1 aliphatic heterocycles. The van der Waals surface area contributed by atoms with Crippen molar-refractivity contribution in [1.82, 2.24) is 15.1 Å². The number of aliphatic hydroxyl groups is 1. The molecule has 0 aliphatic carbocycles. The van der Waals surface area contributed by atoms with Gasteiger partial charge in [-0.05, 0) is 5.92 Å². The second kappa shape index (κ2) is 7.63. The lowest BCUT2D eigenvalue weighted by Gasteiger charge is -2.35. The van der Waals surface area contributed by atoms with Crippen LogP contribution in [0, 0.1) is 5.92 Å². The number of rotatable bonds is 6. The van der Waals surface area contributed by atoms with Gasteiger partial charge < -0.3 is 15.3 Å². The number of nitrogens with zero attached hydrogens (tertiary/aromatic N) is 2. The number of hydrogen-bond donors (Lipinski definition) is 2. The molecule has 0 saturated carbocycles. The summed E-state index contributed by atoms with van der Waals surface area (Å²) in [7, 11) is 0. The first-order chi connectivity index (χ1) is 8.11. The molecule has 2 N–H and O–H groups in total. The molecule has 1 heterocycles. The van der Waals surface area contributed by atoms with Gasteiger partial charge in [0.2, 0.25) is 5.91 Å². The largest absolute Gasteiger partial charge is 0.395 e. The Morgan fingerprint density at radius 1 is 1.24 bits per heavy atom. The lowest BCUT2D eigenvalue weighted by Crippen LogP contribution is -2.50. The van der Waals surface area contributed by atoms with Crippen molar-refractivity contribution in [2.24, 2.45) is 5.92 Å². The van der Waals surface area contributed by atoms with Crippen LogP contribution in [0.25, 0.3) is 0 Å². The van der Waals surface area contributed by atoms with Crippen LogP contribution in [0.15, 0.2) is 0 Å². The lowest BCUT2D eigenvalue weighted by molar-refractivity contribution is -0.122. The Morgan fingerprint density at radius 2 is 1.82 bits per heavy atom. The van der Waals surface area contributed by atoms with E-state index in [1.165, 1.54) is 0 Å². The van der Waals surface area contributed by atoms with Crippen molar-refractivity contribution in [3.8, 4) is 0 Å². The van der Waals surface area contributed by atoms with E-state index < -0.39 is 0 Å². The fraction of sp³-hybridized carbons (Fsp3) is 0.917. The maximum Gasteiger partial charge on any atom is 0.234 e. The van der Waals surface area contributed by atoms with Crippen molar-refractivity contribution < 1.29 is 9.90 Å². The third-order valence-electron chi connectivity index (χ3n) is 2.89. The standard InChI is InChI=1S/C12H25N3O2/c1-11(2)9-14-4-6-15(7-5-14)10-12(17)13-3-8-16/h11,16H,3-10H2,1-2H3,(H,13,17). The number of carbonyl (C=O) groups excluding carboxylic acids is 1. The van der Waals surface area contributed by atoms with Gasteiger partial charge in [0.1, 0.15) is 0 Å². The van der Waals surface area contributed by atoms with Crippen molar-refractivity contribution in [3.63, 3.8) is 0 Å². The van der Waals surface area contributed by atoms with E-state index in [4.69, 9.17) is 5.11 Å². The number of piperazine rings is 1. The second-order valence-corrected chi connectivity index (χ2v) is 5.04. The Kier molecular flexibility index (Phi) is 6.47. The van der Waals surface area contributed by atoms with E-state index in [9.17, 15) is 4.79 Å². The summed E-state index contributed by atoms with van der Waals surface area (Å²) in [6.07, 6.45) is 0. The summed E-state index contributed by atoms with van der Waals surface area (Å²) >= 11 is 0. The molecule has 5 heteroatoms. The van der Waals surface area contributed by atoms with E-state index in [-0.39, 0.29) is 12.5 Å². The number of amides is 1. The van der Waals surface area contributed by atoms with Crippen LogP contribution in [0.3, 0.4) is 0 Å². The molecule has 1 amide bonds. The van der Waals surface area contributed by atoms with Gasteiger partial charge in [-0.1, -0.05) is 13.8 Å². The van der Waals surface area contributed by atoms with Crippen LogP contribution in [0.4, 0.5) is 0 Å². The highest BCUT2D eigenvalue weighted by Gasteiger charge is 2.18. The van der Waals surface area contributed by atoms with E-state index in [1.807, 2.05) is 0 Å². The minimum Gasteiger partial charge on any atom is -0.395 e. The summed E-state index contributed by atoms with van der Waals surface area (Å²) in [5.74, 6) is 0.714. The molecular weight excluding hydrogens is 218 g/mol. The Hall–Kier alpha value is -0.650. The lowest BCUT2D eigenvalue weighted by atomic mass is 10.2. The van der Waals surface area contributed by atoms with Crippen LogP contribution in [0.5, 0.6) is 0 Å². The highest BCUT2D eigenvalue weighted by atomic mass is 16.3. The van der Waals surface area contributed by atoms with Gasteiger partial charge in [0.15, 0.2) is 0 Å². The van der Waals surface area contributed by atoms with E-state index >= 15 is 0 Å². The smallest absolute Gasteiger partial charge is 0.234 e. The van der Waals surface area contributed by atoms with Crippen LogP contribution in [-0.2, 0) is 4.79 Å². The highest BCUT2D eigenvalue weighted by molar-refractivity contribution is 5.77. The van der Waals surface area contributed by atoms with Gasteiger partial charge >= 0.3 is 0 Å². The van der Waals surface area contributed by atoms with Gasteiger partial charge in [0.05, 0.1) is 13.2 Å². The molecule has 5 nitrogen and oxygen atoms in total. The van der Waals surface area contributed by atoms with Crippen LogP contribution in [0.1, 0.15) is 13.8 Å². The molecule has 1 fully saturated rings. The third-order valence-corrected chi connectivity index (χ3v) is 2.89. The van der Waals surface area contributed by atoms with Crippen molar-refractivity contribution in [2.75, 3.05) is 52.4 Å². The van der Waals surface area contributed by atoms with Crippen LogP contribution in [0.2, 0.25) is 0 Å². The second-order valence-electron chi connectivity index (χ2n) is 5.04. The molecular formula is C12H25N3O2. The highest BCUT2D eigenvalue weighted by Crippen LogP contribution is 2.04. The quantitative estimate of drug-likeness (QED) is 0.652. The molecule has 17 heavy (non-hydrogen) atoms. The van der Waals surface area contributed by atoms with Crippen molar-refractivity contribution >= 4 is 5.91 Å². The zero-order valence-corrected chi connectivity index (χ0v) is 11.0. The van der Waals surface area contributed by atoms with Crippen LogP contribution < -0.4 is 5.32 Å². The number of carbonyl (C=O) groups is 1. The molecule has 0 bridgehead atoms. The monoisotopic (exact) mass is 243 g/mol. The molecule has 0 aromatic heterocycles. The normalized spacial score (nSPS) is 18.6. The van der Waals surface area contributed by atoms with E-state index in [0.29, 0.717) is 19.0 Å². The summed E-state index contributed by atoms with van der Waals surface area (Å²) in [5.41, 5.74) is 0. The number of hydrogen-bond acceptors (Lipinski definition) is 4. The zero-order valence-electron chi connectivity index (χ0n) is 11.0. The summed E-state index contributed by atoms with van der Waals surface area (Å²) in [4.78, 5) is 16.1. The molecule has 100 valence electrons. The third kappa shape index (κ3) is 6.00. The SMILES string of the molecule is CC(C)CN1CCN(CC(=O)NCCO)CC1. The number of nitrogens with one attached hydrogen (secondary N) is 1. The molecule has 0 atom stereocenters. The van der Waals surface area contributed by atoms with Crippen molar-refractivity contribution in [2.45, 2.75) is 13.8 Å². The zero-order chi connectivity index (χ0) is 12.7. The fourth-order valence-corrected chi connectivity index (χ4v) is 2.10. The summed E-state index contributed by atoms with van der Waals surface area (Å²) in [6, 6.07) is 0. The topological polar surface area (TPSA) is 55.8 Å². The average Bonchev–Trinajstić information content (AvgIpc) is 2.28. The summed E-state index contributed by atoms with van der Waals surface area (Å²) < 4.78 is 0. The van der Waals surface area contributed by atoms with Crippen LogP contribution >= 0.6 is 0 Å². The summed E-state index contributed by atoms with van der Waals surface area (Å²) in [6.45, 7) is 10.4. The fourth-order valence-electron chi connectivity index (χ4n) is 2.10. The molecule has 0 spiro atoms. The molecule has 0 unspecified atom stereocenters. The maximum absolute atomic E-state index is 11.5. The first kappa shape index (κ1) is 14.4. The first-order valence-corrected chi connectivity index (χ1v) is 6.44.